The molecule has 0 aliphatic carbocycles. The van der Waals surface area contributed by atoms with Gasteiger partial charge < -0.3 is 4.90 Å². The van der Waals surface area contributed by atoms with Crippen LogP contribution >= 0.6 is 23.4 Å². The molecule has 1 aromatic rings. The van der Waals surface area contributed by atoms with Crippen LogP contribution in [0.5, 0.6) is 0 Å². The first-order valence-electron chi connectivity index (χ1n) is 7.44. The Bertz CT molecular complexity index is 545. The van der Waals surface area contributed by atoms with Gasteiger partial charge in [-0.15, -0.1) is 0 Å². The number of carbonyl (C=O) groups excluding carboxylic acids is 1. The molecule has 0 bridgehead atoms. The fourth-order valence-corrected chi connectivity index (χ4v) is 4.72. The average molecular weight is 325 g/mol. The number of rotatable bonds is 3. The maximum atomic E-state index is 12.5. The summed E-state index contributed by atoms with van der Waals surface area (Å²) >= 11 is 8.09. The fraction of sp³-hybridized carbons (Fsp3) is 0.562. The van der Waals surface area contributed by atoms with Gasteiger partial charge >= 0.3 is 0 Å². The highest BCUT2D eigenvalue weighted by atomic mass is 35.5. The van der Waals surface area contributed by atoms with Gasteiger partial charge in [-0.05, 0) is 50.1 Å². The molecule has 3 nitrogen and oxygen atoms in total. The minimum absolute atomic E-state index is 0.0655. The molecule has 2 fully saturated rings. The van der Waals surface area contributed by atoms with E-state index in [0.29, 0.717) is 5.02 Å². The van der Waals surface area contributed by atoms with Crippen LogP contribution in [0.3, 0.4) is 0 Å². The van der Waals surface area contributed by atoms with E-state index in [4.69, 9.17) is 11.6 Å². The molecule has 1 N–H and O–H groups in total. The first-order chi connectivity index (χ1) is 9.98. The lowest BCUT2D eigenvalue weighted by atomic mass is 10.0. The van der Waals surface area contributed by atoms with Crippen LogP contribution in [-0.4, -0.2) is 33.9 Å². The second-order valence-electron chi connectivity index (χ2n) is 6.21. The van der Waals surface area contributed by atoms with E-state index in [0.717, 1.165) is 12.1 Å². The molecule has 1 amide bonds. The predicted molar refractivity (Wildman–Crippen MR) is 88.6 cm³/mol. The molecule has 2 saturated heterocycles. The second-order valence-corrected chi connectivity index (χ2v) is 8.33. The zero-order valence-electron chi connectivity index (χ0n) is 12.4. The molecular weight excluding hydrogens is 304 g/mol. The lowest BCUT2D eigenvalue weighted by Gasteiger charge is -2.33. The van der Waals surface area contributed by atoms with Crippen LogP contribution in [0, 0.1) is 0 Å². The third-order valence-corrected chi connectivity index (χ3v) is 6.10. The van der Waals surface area contributed by atoms with Gasteiger partial charge in [0.25, 0.3) is 0 Å². The molecule has 3 unspecified atom stereocenters. The molecule has 1 aromatic carbocycles. The third kappa shape index (κ3) is 3.08. The van der Waals surface area contributed by atoms with E-state index in [2.05, 4.69) is 12.2 Å². The Morgan fingerprint density at radius 2 is 2.33 bits per heavy atom. The van der Waals surface area contributed by atoms with E-state index in [1.165, 1.54) is 18.6 Å². The van der Waals surface area contributed by atoms with Gasteiger partial charge in [-0.2, -0.15) is 11.8 Å². The molecule has 2 aliphatic heterocycles. The number of hydrogen-bond acceptors (Lipinski definition) is 3. The van der Waals surface area contributed by atoms with Crippen molar-refractivity contribution in [1.82, 2.24) is 10.2 Å². The Kier molecular flexibility index (Phi) is 4.21. The van der Waals surface area contributed by atoms with Crippen molar-refractivity contribution < 1.29 is 4.79 Å². The molecule has 0 radical (unpaired) electrons. The number of benzene rings is 1. The summed E-state index contributed by atoms with van der Waals surface area (Å²) in [6.45, 7) is 5.00. The van der Waals surface area contributed by atoms with Crippen molar-refractivity contribution in [1.29, 1.82) is 0 Å². The Morgan fingerprint density at radius 1 is 1.52 bits per heavy atom. The third-order valence-electron chi connectivity index (χ3n) is 4.34. The normalized spacial score (nSPS) is 32.9. The maximum absolute atomic E-state index is 12.5. The lowest BCUT2D eigenvalue weighted by molar-refractivity contribution is -0.130. The molecule has 0 aromatic heterocycles. The molecule has 0 spiro atoms. The number of nitrogens with one attached hydrogen (secondary N) is 1. The summed E-state index contributed by atoms with van der Waals surface area (Å²) in [5.74, 6) is 1.39. The number of thioether (sulfide) groups is 1. The number of halogens is 1. The van der Waals surface area contributed by atoms with E-state index in [-0.39, 0.29) is 22.9 Å². The number of nitrogens with zero attached hydrogens (tertiary/aromatic N) is 1. The molecule has 5 heteroatoms. The van der Waals surface area contributed by atoms with Crippen molar-refractivity contribution in [2.24, 2.45) is 0 Å². The summed E-state index contributed by atoms with van der Waals surface area (Å²) < 4.78 is 0.179. The first kappa shape index (κ1) is 15.2. The monoisotopic (exact) mass is 324 g/mol. The quantitative estimate of drug-likeness (QED) is 0.924. The van der Waals surface area contributed by atoms with Crippen molar-refractivity contribution in [2.75, 3.05) is 12.3 Å². The highest BCUT2D eigenvalue weighted by Gasteiger charge is 2.42. The molecular formula is C16H21ClN2OS. The lowest BCUT2D eigenvalue weighted by Crippen LogP contribution is -2.40. The van der Waals surface area contributed by atoms with E-state index >= 15 is 0 Å². The molecule has 114 valence electrons. The average Bonchev–Trinajstić information content (AvgIpc) is 2.98. The first-order valence-corrected chi connectivity index (χ1v) is 8.81. The van der Waals surface area contributed by atoms with Crippen LogP contribution in [0.15, 0.2) is 24.3 Å². The van der Waals surface area contributed by atoms with Gasteiger partial charge in [0.05, 0.1) is 6.04 Å². The van der Waals surface area contributed by atoms with Crippen molar-refractivity contribution in [3.8, 4) is 0 Å². The van der Waals surface area contributed by atoms with Crippen LogP contribution in [0.2, 0.25) is 5.02 Å². The molecule has 2 heterocycles. The smallest absolute Gasteiger partial charge is 0.241 e. The minimum Gasteiger partial charge on any atom is -0.320 e. The Balaban J connectivity index is 1.86. The van der Waals surface area contributed by atoms with E-state index in [9.17, 15) is 4.79 Å². The van der Waals surface area contributed by atoms with Gasteiger partial charge in [-0.25, -0.2) is 0 Å². The summed E-state index contributed by atoms with van der Waals surface area (Å²) in [7, 11) is 0. The highest BCUT2D eigenvalue weighted by molar-refractivity contribution is 8.00. The van der Waals surface area contributed by atoms with Gasteiger partial charge in [0.2, 0.25) is 5.91 Å². The van der Waals surface area contributed by atoms with Crippen LogP contribution in [0.4, 0.5) is 0 Å². The van der Waals surface area contributed by atoms with Crippen LogP contribution < -0.4 is 5.32 Å². The Labute approximate surface area is 135 Å². The topological polar surface area (TPSA) is 32.3 Å². The van der Waals surface area contributed by atoms with Gasteiger partial charge in [-0.3, -0.25) is 10.1 Å². The summed E-state index contributed by atoms with van der Waals surface area (Å²) in [5, 5.41) is 4.11. The van der Waals surface area contributed by atoms with Gasteiger partial charge in [0.15, 0.2) is 0 Å². The van der Waals surface area contributed by atoms with Crippen LogP contribution in [0.25, 0.3) is 0 Å². The molecule has 0 saturated carbocycles. The predicted octanol–water partition coefficient (Wildman–Crippen LogP) is 3.44. The van der Waals surface area contributed by atoms with Crippen molar-refractivity contribution in [2.45, 2.75) is 43.6 Å². The SMILES string of the molecule is CC1NC(c2cccc(Cl)c2)N(CC2(C)CCCS2)C1=O. The van der Waals surface area contributed by atoms with Crippen LogP contribution in [-0.2, 0) is 4.79 Å². The zero-order chi connectivity index (χ0) is 15.0. The second kappa shape index (κ2) is 5.82. The summed E-state index contributed by atoms with van der Waals surface area (Å²) in [4.78, 5) is 14.5. The summed E-state index contributed by atoms with van der Waals surface area (Å²) in [6.07, 6.45) is 2.36. The molecule has 2 aliphatic rings. The fourth-order valence-electron chi connectivity index (χ4n) is 3.22. The summed E-state index contributed by atoms with van der Waals surface area (Å²) in [5.41, 5.74) is 1.06. The number of amides is 1. The van der Waals surface area contributed by atoms with Gasteiger partial charge in [0, 0.05) is 16.3 Å². The van der Waals surface area contributed by atoms with E-state index in [1.54, 1.807) is 0 Å². The van der Waals surface area contributed by atoms with Gasteiger partial charge in [-0.1, -0.05) is 23.7 Å². The minimum atomic E-state index is -0.135. The molecule has 21 heavy (non-hydrogen) atoms. The van der Waals surface area contributed by atoms with Crippen molar-refractivity contribution >= 4 is 29.3 Å². The van der Waals surface area contributed by atoms with Crippen molar-refractivity contribution in [3.05, 3.63) is 34.9 Å². The zero-order valence-corrected chi connectivity index (χ0v) is 14.0. The Hall–Kier alpha value is -0.710. The van der Waals surface area contributed by atoms with Crippen LogP contribution in [0.1, 0.15) is 38.4 Å². The largest absolute Gasteiger partial charge is 0.320 e. The van der Waals surface area contributed by atoms with Crippen molar-refractivity contribution in [3.63, 3.8) is 0 Å². The molecule has 3 rings (SSSR count). The maximum Gasteiger partial charge on any atom is 0.241 e. The molecule has 3 atom stereocenters. The summed E-state index contributed by atoms with van der Waals surface area (Å²) in [6, 6.07) is 7.65. The number of hydrogen-bond donors (Lipinski definition) is 1. The number of carbonyl (C=O) groups is 1. The van der Waals surface area contributed by atoms with E-state index in [1.807, 2.05) is 47.9 Å². The standard InChI is InChI=1S/C16H21ClN2OS/c1-11-15(20)19(10-16(2)7-4-8-21-16)14(18-11)12-5-3-6-13(17)9-12/h3,5-6,9,11,14,18H,4,7-8,10H2,1-2H3. The highest BCUT2D eigenvalue weighted by Crippen LogP contribution is 2.40. The van der Waals surface area contributed by atoms with Gasteiger partial charge in [0.1, 0.15) is 6.17 Å². The van der Waals surface area contributed by atoms with E-state index < -0.39 is 0 Å². The Morgan fingerprint density at radius 3 is 3.00 bits per heavy atom.